The van der Waals surface area contributed by atoms with Gasteiger partial charge in [-0.25, -0.2) is 0 Å². The molecule has 0 radical (unpaired) electrons. The van der Waals surface area contributed by atoms with Crippen LogP contribution in [0.25, 0.3) is 0 Å². The molecule has 5 nitrogen and oxygen atoms in total. The third-order valence-electron chi connectivity index (χ3n) is 0.962. The maximum absolute atomic E-state index is 9.86. The van der Waals surface area contributed by atoms with Crippen LogP contribution in [0.4, 0.5) is 0 Å². The summed E-state index contributed by atoms with van der Waals surface area (Å²) in [5.41, 5.74) is 4.91. The summed E-state index contributed by atoms with van der Waals surface area (Å²) < 4.78 is 0. The minimum Gasteiger partial charge on any atom is -0.550 e. The number of hydrogen-bond donors (Lipinski definition) is 1. The summed E-state index contributed by atoms with van der Waals surface area (Å²) in [5.74, 6) is -2.75. The quantitative estimate of drug-likeness (QED) is 0.528. The van der Waals surface area contributed by atoms with E-state index in [-0.39, 0.29) is 40.1 Å². The summed E-state index contributed by atoms with van der Waals surface area (Å²) in [7, 11) is 0. The van der Waals surface area contributed by atoms with Crippen molar-refractivity contribution in [3.8, 4) is 0 Å². The van der Waals surface area contributed by atoms with Gasteiger partial charge < -0.3 is 25.5 Å². The van der Waals surface area contributed by atoms with Crippen molar-refractivity contribution in [3.05, 3.63) is 0 Å². The normalized spacial score (nSPS) is 11.4. The maximum Gasteiger partial charge on any atom is 2.00 e. The minimum atomic E-state index is -1.44. The molecule has 0 fully saturated rings. The summed E-state index contributed by atoms with van der Waals surface area (Å²) in [6.45, 7) is 0. The standard InChI is InChI=1S/C5H9NO4.Cd/c6-3(5(9)10)1-2-4(7)8;/h3H,1-2,6H2,(H,7,8)(H,9,10);/q;+2/p-2/t3-;/m0./s1. The van der Waals surface area contributed by atoms with Gasteiger partial charge >= 0.3 is 27.3 Å². The average Bonchev–Trinajstić information content (AvgIpc) is 1.82. The van der Waals surface area contributed by atoms with Gasteiger partial charge in [0.2, 0.25) is 0 Å². The molecule has 0 saturated carbocycles. The molecule has 1 atom stereocenters. The van der Waals surface area contributed by atoms with Crippen LogP contribution < -0.4 is 15.9 Å². The van der Waals surface area contributed by atoms with Crippen LogP contribution in [0.3, 0.4) is 0 Å². The Hall–Kier alpha value is -0.178. The number of hydrogen-bond acceptors (Lipinski definition) is 5. The summed E-state index contributed by atoms with van der Waals surface area (Å²) in [5, 5.41) is 19.6. The molecule has 0 aromatic rings. The van der Waals surface area contributed by atoms with Crippen molar-refractivity contribution in [2.24, 2.45) is 5.73 Å². The number of aliphatic carboxylic acids is 2. The monoisotopic (exact) mass is 259 g/mol. The fourth-order valence-corrected chi connectivity index (χ4v) is 0.391. The predicted octanol–water partition coefficient (Wildman–Crippen LogP) is -3.41. The topological polar surface area (TPSA) is 106 Å². The first-order chi connectivity index (χ1) is 4.54. The van der Waals surface area contributed by atoms with Crippen molar-refractivity contribution < 1.29 is 47.1 Å². The number of carbonyl (C=O) groups excluding carboxylic acids is 2. The van der Waals surface area contributed by atoms with Crippen LogP contribution in [0, 0.1) is 0 Å². The zero-order valence-electron chi connectivity index (χ0n) is 5.91. The summed E-state index contributed by atoms with van der Waals surface area (Å²) in [6, 6.07) is -1.21. The number of carboxylic acid groups (broad SMARTS) is 2. The van der Waals surface area contributed by atoms with Crippen LogP contribution in [0.2, 0.25) is 0 Å². The second-order valence-corrected chi connectivity index (χ2v) is 1.84. The van der Waals surface area contributed by atoms with Gasteiger partial charge in [-0.2, -0.15) is 0 Å². The molecular weight excluding hydrogens is 250 g/mol. The minimum absolute atomic E-state index is 0. The van der Waals surface area contributed by atoms with Crippen molar-refractivity contribution >= 4 is 11.9 Å². The molecule has 0 rings (SSSR count). The second kappa shape index (κ2) is 6.53. The molecule has 0 aromatic heterocycles. The molecule has 0 aliphatic rings. The van der Waals surface area contributed by atoms with Gasteiger partial charge in [-0.3, -0.25) is 0 Å². The Bertz CT molecular complexity index is 149. The maximum atomic E-state index is 9.86. The van der Waals surface area contributed by atoms with Crippen molar-refractivity contribution in [1.82, 2.24) is 0 Å². The molecule has 0 heterocycles. The van der Waals surface area contributed by atoms with Crippen molar-refractivity contribution in [3.63, 3.8) is 0 Å². The molecule has 11 heavy (non-hydrogen) atoms. The molecule has 0 aliphatic carbocycles. The van der Waals surface area contributed by atoms with E-state index in [9.17, 15) is 19.8 Å². The first-order valence-electron chi connectivity index (χ1n) is 2.70. The molecule has 0 saturated heterocycles. The molecule has 58 valence electrons. The zero-order chi connectivity index (χ0) is 8.15. The third kappa shape index (κ3) is 7.72. The number of nitrogens with two attached hydrogens (primary N) is 1. The van der Waals surface area contributed by atoms with E-state index in [1.165, 1.54) is 0 Å². The van der Waals surface area contributed by atoms with Gasteiger partial charge in [0.05, 0.1) is 5.97 Å². The Balaban J connectivity index is 0. The molecule has 0 aromatic carbocycles. The smallest absolute Gasteiger partial charge is 0.550 e. The van der Waals surface area contributed by atoms with E-state index in [0.717, 1.165) is 0 Å². The average molecular weight is 258 g/mol. The van der Waals surface area contributed by atoms with Gasteiger partial charge in [-0.15, -0.1) is 0 Å². The van der Waals surface area contributed by atoms with Crippen LogP contribution in [-0.2, 0) is 36.9 Å². The number of carbonyl (C=O) groups is 2. The molecule has 0 amide bonds. The SMILES string of the molecule is N[C@@H](CCC(=O)[O-])C(=O)[O-].[Cd+2]. The number of rotatable bonds is 4. The Morgan fingerprint density at radius 2 is 1.82 bits per heavy atom. The first kappa shape index (κ1) is 13.4. The van der Waals surface area contributed by atoms with Gasteiger partial charge in [0.1, 0.15) is 0 Å². The molecule has 0 unspecified atom stereocenters. The first-order valence-corrected chi connectivity index (χ1v) is 2.70. The fourth-order valence-electron chi connectivity index (χ4n) is 0.391. The Morgan fingerprint density at radius 3 is 2.09 bits per heavy atom. The van der Waals surface area contributed by atoms with E-state index in [4.69, 9.17) is 5.73 Å². The van der Waals surface area contributed by atoms with Crippen LogP contribution >= 0.6 is 0 Å². The Labute approximate surface area is 83.7 Å². The van der Waals surface area contributed by atoms with Gasteiger partial charge in [0, 0.05) is 12.0 Å². The van der Waals surface area contributed by atoms with E-state index in [2.05, 4.69) is 0 Å². The fraction of sp³-hybridized carbons (Fsp3) is 0.600. The predicted molar refractivity (Wildman–Crippen MR) is 27.2 cm³/mol. The second-order valence-electron chi connectivity index (χ2n) is 1.84. The summed E-state index contributed by atoms with van der Waals surface area (Å²) >= 11 is 0. The molecule has 0 spiro atoms. The van der Waals surface area contributed by atoms with Crippen LogP contribution in [0.1, 0.15) is 12.8 Å². The zero-order valence-corrected chi connectivity index (χ0v) is 9.95. The van der Waals surface area contributed by atoms with Crippen molar-refractivity contribution in [2.75, 3.05) is 0 Å². The van der Waals surface area contributed by atoms with Gasteiger partial charge in [0.15, 0.2) is 0 Å². The van der Waals surface area contributed by atoms with E-state index in [1.54, 1.807) is 0 Å². The molecule has 6 heteroatoms. The molecule has 0 aliphatic heterocycles. The van der Waals surface area contributed by atoms with Crippen LogP contribution in [0.5, 0.6) is 0 Å². The summed E-state index contributed by atoms with van der Waals surface area (Å²) in [6.07, 6.45) is -0.500. The van der Waals surface area contributed by atoms with E-state index in [1.807, 2.05) is 0 Å². The molecular formula is C5H7CdNO4. The van der Waals surface area contributed by atoms with Gasteiger partial charge in [-0.1, -0.05) is 0 Å². The Morgan fingerprint density at radius 1 is 1.36 bits per heavy atom. The third-order valence-corrected chi connectivity index (χ3v) is 0.962. The van der Waals surface area contributed by atoms with Crippen molar-refractivity contribution in [2.45, 2.75) is 18.9 Å². The van der Waals surface area contributed by atoms with E-state index < -0.39 is 18.0 Å². The molecule has 2 N–H and O–H groups in total. The number of carboxylic acids is 2. The van der Waals surface area contributed by atoms with Crippen LogP contribution in [0.15, 0.2) is 0 Å². The van der Waals surface area contributed by atoms with Crippen molar-refractivity contribution in [1.29, 1.82) is 0 Å². The molecule has 0 bridgehead atoms. The van der Waals surface area contributed by atoms with Crippen LogP contribution in [-0.4, -0.2) is 18.0 Å². The Kier molecular flexibility index (Phi) is 7.96. The largest absolute Gasteiger partial charge is 2.00 e. The summed E-state index contributed by atoms with van der Waals surface area (Å²) in [4.78, 5) is 19.6. The van der Waals surface area contributed by atoms with E-state index in [0.29, 0.717) is 0 Å². The van der Waals surface area contributed by atoms with E-state index >= 15 is 0 Å². The van der Waals surface area contributed by atoms with Gasteiger partial charge in [-0.05, 0) is 12.8 Å². The van der Waals surface area contributed by atoms with Gasteiger partial charge in [0.25, 0.3) is 0 Å².